The standard InChI is InChI=1S/C3H7FS/c1-2-3(4)5/h3,5H,2H2,1H3/t3-/m1/s1. The van der Waals surface area contributed by atoms with Crippen LogP contribution < -0.4 is 0 Å². The summed E-state index contributed by atoms with van der Waals surface area (Å²) in [6, 6.07) is 0. The minimum Gasteiger partial charge on any atom is -0.236 e. The van der Waals surface area contributed by atoms with E-state index in [4.69, 9.17) is 0 Å². The van der Waals surface area contributed by atoms with Gasteiger partial charge in [0.1, 0.15) is 5.50 Å². The highest BCUT2D eigenvalue weighted by Gasteiger charge is 1.86. The molecule has 0 aliphatic heterocycles. The Bertz CT molecular complexity index is 20.9. The Hall–Kier alpha value is 0.280. The smallest absolute Gasteiger partial charge is 0.142 e. The molecule has 0 rings (SSSR count). The van der Waals surface area contributed by atoms with Crippen LogP contribution in [0.5, 0.6) is 0 Å². The van der Waals surface area contributed by atoms with Gasteiger partial charge in [0, 0.05) is 0 Å². The maximum Gasteiger partial charge on any atom is 0.142 e. The molecule has 0 aromatic carbocycles. The number of thiol groups is 1. The van der Waals surface area contributed by atoms with E-state index in [0.717, 1.165) is 0 Å². The monoisotopic (exact) mass is 94.0 g/mol. The molecule has 0 aromatic rings. The Morgan fingerprint density at radius 1 is 2.00 bits per heavy atom. The highest BCUT2D eigenvalue weighted by Crippen LogP contribution is 1.98. The third-order valence-corrected chi connectivity index (χ3v) is 0.702. The summed E-state index contributed by atoms with van der Waals surface area (Å²) in [4.78, 5) is 0. The first kappa shape index (κ1) is 5.28. The third kappa shape index (κ3) is 4.28. The molecule has 0 aliphatic carbocycles. The molecule has 0 heterocycles. The fourth-order valence-electron chi connectivity index (χ4n) is 0. The minimum atomic E-state index is -0.921. The van der Waals surface area contributed by atoms with Crippen molar-refractivity contribution in [3.63, 3.8) is 0 Å². The number of alkyl halides is 1. The molecule has 0 bridgehead atoms. The van der Waals surface area contributed by atoms with E-state index >= 15 is 0 Å². The molecule has 0 spiro atoms. The van der Waals surface area contributed by atoms with Gasteiger partial charge in [-0.2, -0.15) is 0 Å². The summed E-state index contributed by atoms with van der Waals surface area (Å²) in [6.07, 6.45) is 0.503. The van der Waals surface area contributed by atoms with Gasteiger partial charge in [-0.1, -0.05) is 6.92 Å². The van der Waals surface area contributed by atoms with E-state index in [1.165, 1.54) is 0 Å². The van der Waals surface area contributed by atoms with Gasteiger partial charge in [-0.15, -0.1) is 12.6 Å². The van der Waals surface area contributed by atoms with Gasteiger partial charge in [0.2, 0.25) is 0 Å². The van der Waals surface area contributed by atoms with Crippen molar-refractivity contribution in [1.82, 2.24) is 0 Å². The van der Waals surface area contributed by atoms with Crippen LogP contribution in [0.1, 0.15) is 13.3 Å². The van der Waals surface area contributed by atoms with Crippen LogP contribution >= 0.6 is 12.6 Å². The largest absolute Gasteiger partial charge is 0.236 e. The second-order valence-electron chi connectivity index (χ2n) is 0.843. The van der Waals surface area contributed by atoms with Gasteiger partial charge < -0.3 is 0 Å². The summed E-state index contributed by atoms with van der Waals surface area (Å²) < 4.78 is 11.3. The molecule has 2 heteroatoms. The van der Waals surface area contributed by atoms with Crippen LogP contribution in [0.4, 0.5) is 4.39 Å². The summed E-state index contributed by atoms with van der Waals surface area (Å²) >= 11 is 3.43. The lowest BCUT2D eigenvalue weighted by Crippen LogP contribution is -1.78. The lowest BCUT2D eigenvalue weighted by atomic mass is 10.6. The molecule has 32 valence electrons. The van der Waals surface area contributed by atoms with Gasteiger partial charge in [0.05, 0.1) is 0 Å². The summed E-state index contributed by atoms with van der Waals surface area (Å²) in [6.45, 7) is 1.75. The SMILES string of the molecule is CC[C@H](F)S. The molecule has 1 atom stereocenters. The lowest BCUT2D eigenvalue weighted by Gasteiger charge is -1.85. The van der Waals surface area contributed by atoms with Gasteiger partial charge in [0.25, 0.3) is 0 Å². The van der Waals surface area contributed by atoms with Crippen LogP contribution in [0, 0.1) is 0 Å². The quantitative estimate of drug-likeness (QED) is 0.469. The van der Waals surface area contributed by atoms with Crippen molar-refractivity contribution in [2.45, 2.75) is 18.8 Å². The molecule has 0 aliphatic rings. The van der Waals surface area contributed by atoms with Gasteiger partial charge in [-0.25, -0.2) is 4.39 Å². The zero-order chi connectivity index (χ0) is 4.28. The van der Waals surface area contributed by atoms with Crippen molar-refractivity contribution >= 4 is 12.6 Å². The van der Waals surface area contributed by atoms with Crippen LogP contribution in [0.3, 0.4) is 0 Å². The molecule has 0 saturated carbocycles. The summed E-state index contributed by atoms with van der Waals surface area (Å²) in [7, 11) is 0. The van der Waals surface area contributed by atoms with E-state index in [9.17, 15) is 4.39 Å². The van der Waals surface area contributed by atoms with Crippen LogP contribution in [0.2, 0.25) is 0 Å². The topological polar surface area (TPSA) is 0 Å². The molecule has 5 heavy (non-hydrogen) atoms. The molecule has 0 radical (unpaired) electrons. The summed E-state index contributed by atoms with van der Waals surface area (Å²) in [5, 5.41) is 0. The maximum absolute atomic E-state index is 11.3. The summed E-state index contributed by atoms with van der Waals surface area (Å²) in [5.41, 5.74) is -0.921. The number of hydrogen-bond donors (Lipinski definition) is 1. The second kappa shape index (κ2) is 2.51. The normalized spacial score (nSPS) is 15.0. The van der Waals surface area contributed by atoms with E-state index < -0.39 is 5.50 Å². The first-order valence-electron chi connectivity index (χ1n) is 1.59. The first-order chi connectivity index (χ1) is 2.27. The molecule has 0 unspecified atom stereocenters. The average Bonchev–Trinajstić information content (AvgIpc) is 1.38. The molecule has 0 amide bonds. The zero-order valence-corrected chi connectivity index (χ0v) is 4.00. The van der Waals surface area contributed by atoms with Crippen molar-refractivity contribution < 1.29 is 4.39 Å². The van der Waals surface area contributed by atoms with Gasteiger partial charge >= 0.3 is 0 Å². The van der Waals surface area contributed by atoms with E-state index in [0.29, 0.717) is 6.42 Å². The Morgan fingerprint density at radius 3 is 2.20 bits per heavy atom. The van der Waals surface area contributed by atoms with Crippen LogP contribution in [-0.4, -0.2) is 5.50 Å². The van der Waals surface area contributed by atoms with E-state index in [-0.39, 0.29) is 0 Å². The minimum absolute atomic E-state index is 0.503. The van der Waals surface area contributed by atoms with Crippen molar-refractivity contribution in [3.05, 3.63) is 0 Å². The van der Waals surface area contributed by atoms with Gasteiger partial charge in [0.15, 0.2) is 0 Å². The zero-order valence-electron chi connectivity index (χ0n) is 3.11. The van der Waals surface area contributed by atoms with Crippen molar-refractivity contribution in [1.29, 1.82) is 0 Å². The molecular weight excluding hydrogens is 87.1 g/mol. The molecule has 0 N–H and O–H groups in total. The van der Waals surface area contributed by atoms with Crippen molar-refractivity contribution in [2.75, 3.05) is 0 Å². The predicted molar refractivity (Wildman–Crippen MR) is 24.2 cm³/mol. The molecule has 0 aromatic heterocycles. The Morgan fingerprint density at radius 2 is 2.20 bits per heavy atom. The van der Waals surface area contributed by atoms with Crippen molar-refractivity contribution in [3.8, 4) is 0 Å². The molecular formula is C3H7FS. The number of halogens is 1. The van der Waals surface area contributed by atoms with Gasteiger partial charge in [-0.3, -0.25) is 0 Å². The van der Waals surface area contributed by atoms with Gasteiger partial charge in [-0.05, 0) is 6.42 Å². The maximum atomic E-state index is 11.3. The first-order valence-corrected chi connectivity index (χ1v) is 2.11. The number of hydrogen-bond acceptors (Lipinski definition) is 1. The summed E-state index contributed by atoms with van der Waals surface area (Å²) in [5.74, 6) is 0. The molecule has 0 nitrogen and oxygen atoms in total. The van der Waals surface area contributed by atoms with Crippen LogP contribution in [0.15, 0.2) is 0 Å². The van der Waals surface area contributed by atoms with E-state index in [1.807, 2.05) is 0 Å². The lowest BCUT2D eigenvalue weighted by molar-refractivity contribution is 0.446. The van der Waals surface area contributed by atoms with Crippen molar-refractivity contribution in [2.24, 2.45) is 0 Å². The van der Waals surface area contributed by atoms with E-state index in [2.05, 4.69) is 12.6 Å². The highest BCUT2D eigenvalue weighted by molar-refractivity contribution is 7.80. The Balaban J connectivity index is 2.54. The fraction of sp³-hybridized carbons (Fsp3) is 1.00. The Labute approximate surface area is 36.8 Å². The fourth-order valence-corrected chi connectivity index (χ4v) is 0. The molecule has 0 saturated heterocycles. The second-order valence-corrected chi connectivity index (χ2v) is 1.40. The predicted octanol–water partition coefficient (Wildman–Crippen LogP) is 1.62. The van der Waals surface area contributed by atoms with E-state index in [1.54, 1.807) is 6.92 Å². The number of rotatable bonds is 1. The molecule has 0 fully saturated rings. The van der Waals surface area contributed by atoms with Crippen LogP contribution in [0.25, 0.3) is 0 Å². The van der Waals surface area contributed by atoms with Crippen LogP contribution in [-0.2, 0) is 0 Å². The average molecular weight is 94.2 g/mol. The third-order valence-electron chi connectivity index (χ3n) is 0.337. The Kier molecular flexibility index (Phi) is 2.65. The highest BCUT2D eigenvalue weighted by atomic mass is 32.1.